The highest BCUT2D eigenvalue weighted by Crippen LogP contribution is 2.34. The van der Waals surface area contributed by atoms with E-state index in [1.165, 1.54) is 11.1 Å². The van der Waals surface area contributed by atoms with E-state index in [9.17, 15) is 0 Å². The Bertz CT molecular complexity index is 527. The van der Waals surface area contributed by atoms with Crippen molar-refractivity contribution >= 4 is 21.6 Å². The van der Waals surface area contributed by atoms with Crippen LogP contribution >= 0.6 is 15.9 Å². The molecule has 0 radical (unpaired) electrons. The minimum absolute atomic E-state index is 0.379. The molecular formula is C13H12BrN3. The Balaban J connectivity index is 1.85. The molecule has 1 unspecified atom stereocenters. The monoisotopic (exact) mass is 289 g/mol. The summed E-state index contributed by atoms with van der Waals surface area (Å²) < 4.78 is 1.15. The molecular weight excluding hydrogens is 278 g/mol. The van der Waals surface area contributed by atoms with Gasteiger partial charge in [-0.05, 0) is 36.1 Å². The molecule has 1 aliphatic rings. The summed E-state index contributed by atoms with van der Waals surface area (Å²) in [5.41, 5.74) is 3.79. The van der Waals surface area contributed by atoms with Gasteiger partial charge < -0.3 is 5.32 Å². The van der Waals surface area contributed by atoms with Crippen molar-refractivity contribution < 1.29 is 0 Å². The SMILES string of the molecule is Brc1ccc2c(c1)CCC2Nc1cncnc1. The lowest BCUT2D eigenvalue weighted by Crippen LogP contribution is -2.07. The fourth-order valence-corrected chi connectivity index (χ4v) is 2.72. The van der Waals surface area contributed by atoms with Gasteiger partial charge in [-0.1, -0.05) is 22.0 Å². The predicted molar refractivity (Wildman–Crippen MR) is 70.9 cm³/mol. The van der Waals surface area contributed by atoms with Crippen molar-refractivity contribution in [2.75, 3.05) is 5.32 Å². The van der Waals surface area contributed by atoms with Crippen LogP contribution in [-0.2, 0) is 6.42 Å². The van der Waals surface area contributed by atoms with E-state index < -0.39 is 0 Å². The molecule has 86 valence electrons. The Morgan fingerprint density at radius 3 is 2.88 bits per heavy atom. The van der Waals surface area contributed by atoms with Crippen LogP contribution < -0.4 is 5.32 Å². The summed E-state index contributed by atoms with van der Waals surface area (Å²) in [5.74, 6) is 0. The topological polar surface area (TPSA) is 37.8 Å². The molecule has 0 spiro atoms. The fraction of sp³-hybridized carbons (Fsp3) is 0.231. The van der Waals surface area contributed by atoms with E-state index in [4.69, 9.17) is 0 Å². The maximum absolute atomic E-state index is 4.02. The van der Waals surface area contributed by atoms with Crippen molar-refractivity contribution in [2.24, 2.45) is 0 Å². The summed E-state index contributed by atoms with van der Waals surface area (Å²) in [5, 5.41) is 3.48. The zero-order chi connectivity index (χ0) is 11.7. The zero-order valence-corrected chi connectivity index (χ0v) is 10.8. The molecule has 0 saturated heterocycles. The molecule has 17 heavy (non-hydrogen) atoms. The Labute approximate surface area is 108 Å². The second kappa shape index (κ2) is 4.45. The number of nitrogens with zero attached hydrogens (tertiary/aromatic N) is 2. The molecule has 2 aromatic rings. The Morgan fingerprint density at radius 1 is 1.24 bits per heavy atom. The van der Waals surface area contributed by atoms with Crippen molar-refractivity contribution in [2.45, 2.75) is 18.9 Å². The minimum Gasteiger partial charge on any atom is -0.376 e. The normalized spacial score (nSPS) is 17.8. The standard InChI is InChI=1S/C13H12BrN3/c14-10-2-3-12-9(5-10)1-4-13(12)17-11-6-15-8-16-7-11/h2-3,5-8,13,17H,1,4H2. The zero-order valence-electron chi connectivity index (χ0n) is 9.23. The first kappa shape index (κ1) is 10.7. The first-order chi connectivity index (χ1) is 8.33. The molecule has 4 heteroatoms. The van der Waals surface area contributed by atoms with Gasteiger partial charge in [0.15, 0.2) is 0 Å². The molecule has 0 bridgehead atoms. The first-order valence-corrected chi connectivity index (χ1v) is 6.42. The number of rotatable bonds is 2. The second-order valence-electron chi connectivity index (χ2n) is 4.21. The summed E-state index contributed by atoms with van der Waals surface area (Å²) in [6, 6.07) is 6.87. The van der Waals surface area contributed by atoms with Gasteiger partial charge in [-0.3, -0.25) is 0 Å². The lowest BCUT2D eigenvalue weighted by Gasteiger charge is -2.14. The van der Waals surface area contributed by atoms with Crippen LogP contribution in [0.3, 0.4) is 0 Å². The van der Waals surface area contributed by atoms with Crippen LogP contribution in [-0.4, -0.2) is 9.97 Å². The molecule has 3 nitrogen and oxygen atoms in total. The van der Waals surface area contributed by atoms with Crippen LogP contribution in [0.4, 0.5) is 5.69 Å². The van der Waals surface area contributed by atoms with Crippen LogP contribution in [0.5, 0.6) is 0 Å². The largest absolute Gasteiger partial charge is 0.376 e. The third kappa shape index (κ3) is 2.17. The third-order valence-electron chi connectivity index (χ3n) is 3.08. The second-order valence-corrected chi connectivity index (χ2v) is 5.12. The van der Waals surface area contributed by atoms with Gasteiger partial charge in [0.25, 0.3) is 0 Å². The molecule has 0 fully saturated rings. The number of aryl methyl sites for hydroxylation is 1. The van der Waals surface area contributed by atoms with Gasteiger partial charge in [-0.15, -0.1) is 0 Å². The van der Waals surface area contributed by atoms with Crippen molar-refractivity contribution in [1.82, 2.24) is 9.97 Å². The van der Waals surface area contributed by atoms with E-state index in [-0.39, 0.29) is 0 Å². The quantitative estimate of drug-likeness (QED) is 0.921. The average molecular weight is 290 g/mol. The number of benzene rings is 1. The lowest BCUT2D eigenvalue weighted by molar-refractivity contribution is 0.760. The molecule has 0 amide bonds. The third-order valence-corrected chi connectivity index (χ3v) is 3.58. The van der Waals surface area contributed by atoms with Crippen molar-refractivity contribution in [3.05, 3.63) is 52.5 Å². The van der Waals surface area contributed by atoms with E-state index in [0.29, 0.717) is 6.04 Å². The van der Waals surface area contributed by atoms with Gasteiger partial charge in [-0.25, -0.2) is 9.97 Å². The number of fused-ring (bicyclic) bond motifs is 1. The minimum atomic E-state index is 0.379. The molecule has 1 atom stereocenters. The van der Waals surface area contributed by atoms with Crippen LogP contribution in [0.1, 0.15) is 23.6 Å². The molecule has 1 aromatic carbocycles. The predicted octanol–water partition coefficient (Wildman–Crippen LogP) is 3.34. The highest BCUT2D eigenvalue weighted by Gasteiger charge is 2.22. The summed E-state index contributed by atoms with van der Waals surface area (Å²) >= 11 is 3.51. The first-order valence-electron chi connectivity index (χ1n) is 5.63. The Morgan fingerprint density at radius 2 is 2.06 bits per heavy atom. The van der Waals surface area contributed by atoms with Gasteiger partial charge in [0, 0.05) is 4.47 Å². The van der Waals surface area contributed by atoms with E-state index in [0.717, 1.165) is 23.0 Å². The summed E-state index contributed by atoms with van der Waals surface area (Å²) in [7, 11) is 0. The maximum Gasteiger partial charge on any atom is 0.115 e. The van der Waals surface area contributed by atoms with Crippen LogP contribution in [0.2, 0.25) is 0 Å². The summed E-state index contributed by atoms with van der Waals surface area (Å²) in [4.78, 5) is 8.03. The number of hydrogen-bond donors (Lipinski definition) is 1. The van der Waals surface area contributed by atoms with Crippen molar-refractivity contribution in [3.8, 4) is 0 Å². The number of anilines is 1. The van der Waals surface area contributed by atoms with Gasteiger partial charge in [0.2, 0.25) is 0 Å². The Hall–Kier alpha value is -1.42. The van der Waals surface area contributed by atoms with Crippen molar-refractivity contribution in [3.63, 3.8) is 0 Å². The van der Waals surface area contributed by atoms with E-state index >= 15 is 0 Å². The average Bonchev–Trinajstić information content (AvgIpc) is 2.73. The fourth-order valence-electron chi connectivity index (χ4n) is 2.31. The molecule has 3 rings (SSSR count). The molecule has 1 aliphatic carbocycles. The van der Waals surface area contributed by atoms with Crippen LogP contribution in [0, 0.1) is 0 Å². The molecule has 1 heterocycles. The van der Waals surface area contributed by atoms with Crippen molar-refractivity contribution in [1.29, 1.82) is 0 Å². The summed E-state index contributed by atoms with van der Waals surface area (Å²) in [6.07, 6.45) is 7.42. The van der Waals surface area contributed by atoms with Crippen LogP contribution in [0.15, 0.2) is 41.4 Å². The number of nitrogens with one attached hydrogen (secondary N) is 1. The van der Waals surface area contributed by atoms with E-state index in [1.807, 2.05) is 12.4 Å². The Kier molecular flexibility index (Phi) is 2.81. The van der Waals surface area contributed by atoms with E-state index in [1.54, 1.807) is 6.33 Å². The van der Waals surface area contributed by atoms with Gasteiger partial charge in [-0.2, -0.15) is 0 Å². The number of halogens is 1. The van der Waals surface area contributed by atoms with E-state index in [2.05, 4.69) is 49.4 Å². The molecule has 0 saturated carbocycles. The lowest BCUT2D eigenvalue weighted by atomic mass is 10.1. The molecule has 0 aliphatic heterocycles. The summed E-state index contributed by atoms with van der Waals surface area (Å²) in [6.45, 7) is 0. The molecule has 1 aromatic heterocycles. The highest BCUT2D eigenvalue weighted by molar-refractivity contribution is 9.10. The van der Waals surface area contributed by atoms with Gasteiger partial charge in [0.05, 0.1) is 24.1 Å². The number of hydrogen-bond acceptors (Lipinski definition) is 3. The molecule has 1 N–H and O–H groups in total. The van der Waals surface area contributed by atoms with Gasteiger partial charge in [0.1, 0.15) is 6.33 Å². The van der Waals surface area contributed by atoms with Crippen LogP contribution in [0.25, 0.3) is 0 Å². The van der Waals surface area contributed by atoms with Gasteiger partial charge >= 0.3 is 0 Å². The smallest absolute Gasteiger partial charge is 0.115 e. The maximum atomic E-state index is 4.02. The number of aromatic nitrogens is 2. The highest BCUT2D eigenvalue weighted by atomic mass is 79.9.